The number of amides is 1. The van der Waals surface area contributed by atoms with E-state index in [2.05, 4.69) is 54.3 Å². The van der Waals surface area contributed by atoms with Crippen LogP contribution in [0.25, 0.3) is 16.7 Å². The molecule has 6 rings (SSSR count). The summed E-state index contributed by atoms with van der Waals surface area (Å²) in [6, 6.07) is 10.2. The summed E-state index contributed by atoms with van der Waals surface area (Å²) in [4.78, 5) is 41.1. The number of aromatic nitrogens is 5. The van der Waals surface area contributed by atoms with Gasteiger partial charge in [0.05, 0.1) is 5.69 Å². The molecule has 196 valence electrons. The summed E-state index contributed by atoms with van der Waals surface area (Å²) in [5.41, 5.74) is 5.51. The van der Waals surface area contributed by atoms with Crippen LogP contribution in [0.3, 0.4) is 0 Å². The molecule has 3 aromatic heterocycles. The first-order chi connectivity index (χ1) is 18.1. The van der Waals surface area contributed by atoms with Gasteiger partial charge >= 0.3 is 0 Å². The highest BCUT2D eigenvalue weighted by Gasteiger charge is 2.49. The Kier molecular flexibility index (Phi) is 5.45. The smallest absolute Gasteiger partial charge is 0.278 e. The molecule has 0 atom stereocenters. The Morgan fingerprint density at radius 2 is 1.92 bits per heavy atom. The average molecular weight is 512 g/mol. The molecule has 0 saturated heterocycles. The fraction of sp³-hybridized carbons (Fsp3) is 0.414. The van der Waals surface area contributed by atoms with Crippen LogP contribution >= 0.6 is 0 Å². The van der Waals surface area contributed by atoms with Crippen LogP contribution in [0.4, 0.5) is 11.6 Å². The zero-order valence-corrected chi connectivity index (χ0v) is 22.6. The highest BCUT2D eigenvalue weighted by Crippen LogP contribution is 2.52. The standard InChI is InChI=1S/C29H33N7O2/c1-6-35-26(38)22-15-31-27(33-25(22)36(35)21-9-12-30-24(14-21)28(3,4)5)32-20-7-8-23-19(13-20)16-34(18(2)37)17-29(23)10-11-29/h7-9,12-15H,6,10-11,16-17H2,1-5H3,(H,31,32,33). The van der Waals surface area contributed by atoms with Gasteiger partial charge in [0.15, 0.2) is 5.65 Å². The van der Waals surface area contributed by atoms with Crippen molar-refractivity contribution in [1.29, 1.82) is 0 Å². The van der Waals surface area contributed by atoms with Crippen LogP contribution in [0.2, 0.25) is 0 Å². The molecule has 1 amide bonds. The van der Waals surface area contributed by atoms with E-state index >= 15 is 0 Å². The fourth-order valence-corrected chi connectivity index (χ4v) is 5.56. The number of hydrogen-bond donors (Lipinski definition) is 1. The third kappa shape index (κ3) is 3.97. The van der Waals surface area contributed by atoms with Crippen LogP contribution in [0.1, 0.15) is 64.3 Å². The van der Waals surface area contributed by atoms with Gasteiger partial charge in [-0.3, -0.25) is 14.6 Å². The molecule has 9 heteroatoms. The van der Waals surface area contributed by atoms with Crippen molar-refractivity contribution in [3.05, 3.63) is 69.9 Å². The van der Waals surface area contributed by atoms with Crippen molar-refractivity contribution in [2.24, 2.45) is 0 Å². The minimum atomic E-state index is -0.137. The first kappa shape index (κ1) is 24.3. The van der Waals surface area contributed by atoms with Crippen molar-refractivity contribution in [3.8, 4) is 5.69 Å². The van der Waals surface area contributed by atoms with Crippen LogP contribution in [-0.4, -0.2) is 41.7 Å². The van der Waals surface area contributed by atoms with Crippen LogP contribution in [-0.2, 0) is 28.7 Å². The Morgan fingerprint density at radius 3 is 2.61 bits per heavy atom. The van der Waals surface area contributed by atoms with E-state index in [0.29, 0.717) is 30.1 Å². The number of anilines is 2. The lowest BCUT2D eigenvalue weighted by Crippen LogP contribution is -2.40. The predicted octanol–water partition coefficient (Wildman–Crippen LogP) is 4.43. The molecule has 2 aliphatic rings. The molecule has 1 fully saturated rings. The second kappa shape index (κ2) is 8.51. The summed E-state index contributed by atoms with van der Waals surface area (Å²) in [7, 11) is 0. The first-order valence-corrected chi connectivity index (χ1v) is 13.2. The molecule has 1 aromatic carbocycles. The molecule has 0 radical (unpaired) electrons. The molecule has 4 aromatic rings. The number of benzene rings is 1. The number of carbonyl (C=O) groups excluding carboxylic acids is 1. The maximum Gasteiger partial charge on any atom is 0.278 e. The van der Waals surface area contributed by atoms with Gasteiger partial charge in [-0.25, -0.2) is 14.3 Å². The summed E-state index contributed by atoms with van der Waals surface area (Å²) in [6.45, 7) is 11.8. The molecular formula is C29H33N7O2. The van der Waals surface area contributed by atoms with E-state index in [1.165, 1.54) is 5.56 Å². The Labute approximate surface area is 221 Å². The summed E-state index contributed by atoms with van der Waals surface area (Å²) in [5.74, 6) is 0.517. The molecule has 38 heavy (non-hydrogen) atoms. The Hall–Kier alpha value is -4.01. The number of pyridine rings is 1. The predicted molar refractivity (Wildman–Crippen MR) is 147 cm³/mol. The monoisotopic (exact) mass is 511 g/mol. The molecule has 1 aliphatic heterocycles. The molecule has 1 spiro atoms. The topological polar surface area (TPSA) is 97.9 Å². The highest BCUT2D eigenvalue weighted by atomic mass is 16.2. The van der Waals surface area contributed by atoms with Crippen molar-refractivity contribution < 1.29 is 4.79 Å². The summed E-state index contributed by atoms with van der Waals surface area (Å²) in [6.07, 6.45) is 5.61. The summed E-state index contributed by atoms with van der Waals surface area (Å²) >= 11 is 0. The Bertz CT molecular complexity index is 1640. The molecular weight excluding hydrogens is 478 g/mol. The minimum absolute atomic E-state index is 0.109. The van der Waals surface area contributed by atoms with Gasteiger partial charge in [0.2, 0.25) is 11.9 Å². The van der Waals surface area contributed by atoms with Gasteiger partial charge in [0.1, 0.15) is 5.39 Å². The van der Waals surface area contributed by atoms with Crippen molar-refractivity contribution in [3.63, 3.8) is 0 Å². The number of hydrogen-bond acceptors (Lipinski definition) is 6. The largest absolute Gasteiger partial charge is 0.338 e. The molecule has 9 nitrogen and oxygen atoms in total. The number of nitrogens with one attached hydrogen (secondary N) is 1. The van der Waals surface area contributed by atoms with E-state index in [0.717, 1.165) is 42.0 Å². The van der Waals surface area contributed by atoms with Crippen LogP contribution in [0.15, 0.2) is 47.5 Å². The van der Waals surface area contributed by atoms with Gasteiger partial charge in [-0.05, 0) is 55.2 Å². The van der Waals surface area contributed by atoms with Crippen LogP contribution in [0.5, 0.6) is 0 Å². The molecule has 1 N–H and O–H groups in total. The maximum absolute atomic E-state index is 13.2. The number of fused-ring (bicyclic) bond motifs is 3. The Morgan fingerprint density at radius 1 is 1.13 bits per heavy atom. The Balaban J connectivity index is 1.40. The van der Waals surface area contributed by atoms with E-state index in [1.54, 1.807) is 24.0 Å². The second-order valence-corrected chi connectivity index (χ2v) is 11.6. The number of nitrogens with zero attached hydrogens (tertiary/aromatic N) is 6. The quantitative estimate of drug-likeness (QED) is 0.435. The lowest BCUT2D eigenvalue weighted by atomic mass is 9.86. The lowest BCUT2D eigenvalue weighted by Gasteiger charge is -2.34. The van der Waals surface area contributed by atoms with E-state index in [4.69, 9.17) is 4.98 Å². The molecule has 0 unspecified atom stereocenters. The minimum Gasteiger partial charge on any atom is -0.338 e. The van der Waals surface area contributed by atoms with Gasteiger partial charge < -0.3 is 10.2 Å². The lowest BCUT2D eigenvalue weighted by molar-refractivity contribution is -0.130. The zero-order chi connectivity index (χ0) is 26.8. The maximum atomic E-state index is 13.2. The van der Waals surface area contributed by atoms with Gasteiger partial charge in [0.25, 0.3) is 5.56 Å². The third-order valence-corrected chi connectivity index (χ3v) is 7.82. The summed E-state index contributed by atoms with van der Waals surface area (Å²) in [5, 5.41) is 3.80. The zero-order valence-electron chi connectivity index (χ0n) is 22.6. The normalized spacial score (nSPS) is 16.1. The first-order valence-electron chi connectivity index (χ1n) is 13.2. The van der Waals surface area contributed by atoms with Crippen LogP contribution < -0.4 is 10.9 Å². The van der Waals surface area contributed by atoms with E-state index in [1.807, 2.05) is 28.6 Å². The fourth-order valence-electron chi connectivity index (χ4n) is 5.56. The number of rotatable bonds is 4. The van der Waals surface area contributed by atoms with E-state index < -0.39 is 0 Å². The van der Waals surface area contributed by atoms with Crippen molar-refractivity contribution in [2.75, 3.05) is 11.9 Å². The van der Waals surface area contributed by atoms with Crippen molar-refractivity contribution >= 4 is 28.6 Å². The van der Waals surface area contributed by atoms with Gasteiger partial charge in [-0.1, -0.05) is 26.8 Å². The van der Waals surface area contributed by atoms with Crippen LogP contribution in [0, 0.1) is 0 Å². The molecule has 4 heterocycles. The van der Waals surface area contributed by atoms with Crippen molar-refractivity contribution in [2.45, 2.75) is 71.4 Å². The molecule has 1 saturated carbocycles. The van der Waals surface area contributed by atoms with E-state index in [9.17, 15) is 9.59 Å². The average Bonchev–Trinajstić information content (AvgIpc) is 3.59. The molecule has 1 aliphatic carbocycles. The SMILES string of the molecule is CCn1c(=O)c2cnc(Nc3ccc4c(c3)CN(C(C)=O)CC43CC3)nc2n1-c1ccnc(C(C)(C)C)c1. The van der Waals surface area contributed by atoms with Crippen molar-refractivity contribution in [1.82, 2.24) is 29.2 Å². The highest BCUT2D eigenvalue weighted by molar-refractivity contribution is 5.77. The number of carbonyl (C=O) groups is 1. The van der Waals surface area contributed by atoms with Gasteiger partial charge in [-0.15, -0.1) is 0 Å². The van der Waals surface area contributed by atoms with E-state index in [-0.39, 0.29) is 22.3 Å². The summed E-state index contributed by atoms with van der Waals surface area (Å²) < 4.78 is 3.53. The van der Waals surface area contributed by atoms with Gasteiger partial charge in [0, 0.05) is 61.2 Å². The second-order valence-electron chi connectivity index (χ2n) is 11.6. The molecule has 0 bridgehead atoms. The third-order valence-electron chi connectivity index (χ3n) is 7.82. The van der Waals surface area contributed by atoms with Gasteiger partial charge in [-0.2, -0.15) is 4.98 Å².